The fourth-order valence-electron chi connectivity index (χ4n) is 2.80. The van der Waals surface area contributed by atoms with Gasteiger partial charge in [-0.3, -0.25) is 4.79 Å². The van der Waals surface area contributed by atoms with Crippen LogP contribution < -0.4 is 10.1 Å². The van der Waals surface area contributed by atoms with Crippen LogP contribution >= 0.6 is 0 Å². The summed E-state index contributed by atoms with van der Waals surface area (Å²) in [5, 5.41) is 3.29. The van der Waals surface area contributed by atoms with E-state index < -0.39 is 0 Å². The molecule has 1 heterocycles. The second-order valence-corrected chi connectivity index (χ2v) is 5.65. The number of benzene rings is 2. The first kappa shape index (κ1) is 15.6. The van der Waals surface area contributed by atoms with E-state index in [4.69, 9.17) is 4.74 Å². The van der Waals surface area contributed by atoms with Crippen molar-refractivity contribution in [3.05, 3.63) is 65.7 Å². The van der Waals surface area contributed by atoms with Gasteiger partial charge in [0.2, 0.25) is 5.91 Å². The zero-order valence-corrected chi connectivity index (χ0v) is 13.4. The predicted molar refractivity (Wildman–Crippen MR) is 90.2 cm³/mol. The molecule has 1 amide bonds. The quantitative estimate of drug-likeness (QED) is 0.923. The number of amides is 1. The van der Waals surface area contributed by atoms with Gasteiger partial charge in [-0.05, 0) is 30.2 Å². The van der Waals surface area contributed by atoms with Crippen molar-refractivity contribution in [2.75, 3.05) is 19.6 Å². The Morgan fingerprint density at radius 1 is 1.13 bits per heavy atom. The van der Waals surface area contributed by atoms with Crippen LogP contribution in [0.4, 0.5) is 0 Å². The number of hydrogen-bond donors (Lipinski definition) is 1. The molecule has 1 saturated heterocycles. The lowest BCUT2D eigenvalue weighted by Crippen LogP contribution is -2.49. The van der Waals surface area contributed by atoms with Crippen LogP contribution in [0.3, 0.4) is 0 Å². The van der Waals surface area contributed by atoms with E-state index in [1.165, 1.54) is 0 Å². The van der Waals surface area contributed by atoms with Gasteiger partial charge in [-0.25, -0.2) is 0 Å². The number of hydrogen-bond acceptors (Lipinski definition) is 3. The first-order chi connectivity index (χ1) is 11.3. The van der Waals surface area contributed by atoms with Crippen molar-refractivity contribution in [2.45, 2.75) is 19.6 Å². The van der Waals surface area contributed by atoms with E-state index in [-0.39, 0.29) is 11.9 Å². The number of piperazine rings is 1. The molecule has 1 aliphatic heterocycles. The van der Waals surface area contributed by atoms with Crippen LogP contribution in [0, 0.1) is 0 Å². The molecule has 1 unspecified atom stereocenters. The minimum atomic E-state index is -0.244. The zero-order chi connectivity index (χ0) is 16.1. The van der Waals surface area contributed by atoms with E-state index in [1.54, 1.807) is 0 Å². The minimum absolute atomic E-state index is 0.150. The molecule has 0 radical (unpaired) electrons. The Labute approximate surface area is 137 Å². The summed E-state index contributed by atoms with van der Waals surface area (Å²) in [6.07, 6.45) is 0. The highest BCUT2D eigenvalue weighted by molar-refractivity contribution is 5.84. The van der Waals surface area contributed by atoms with Gasteiger partial charge in [-0.2, -0.15) is 0 Å². The maximum absolute atomic E-state index is 12.4. The third kappa shape index (κ3) is 3.71. The van der Waals surface area contributed by atoms with Gasteiger partial charge in [-0.1, -0.05) is 42.5 Å². The van der Waals surface area contributed by atoms with Crippen LogP contribution in [0.15, 0.2) is 54.6 Å². The molecule has 0 bridgehead atoms. The molecular weight excluding hydrogens is 288 g/mol. The highest BCUT2D eigenvalue weighted by atomic mass is 16.5. The van der Waals surface area contributed by atoms with Crippen molar-refractivity contribution < 1.29 is 9.53 Å². The SMILES string of the molecule is CCN1CCNC(c2ccc(OCc3ccccc3)cc2)C1=O. The Bertz CT molecular complexity index is 640. The number of nitrogens with one attached hydrogen (secondary N) is 1. The van der Waals surface area contributed by atoms with Gasteiger partial charge < -0.3 is 15.0 Å². The second-order valence-electron chi connectivity index (χ2n) is 5.65. The first-order valence-electron chi connectivity index (χ1n) is 8.07. The monoisotopic (exact) mass is 310 g/mol. The average molecular weight is 310 g/mol. The maximum atomic E-state index is 12.4. The van der Waals surface area contributed by atoms with Crippen molar-refractivity contribution in [1.29, 1.82) is 0 Å². The van der Waals surface area contributed by atoms with Gasteiger partial charge >= 0.3 is 0 Å². The lowest BCUT2D eigenvalue weighted by molar-refractivity contribution is -0.135. The summed E-state index contributed by atoms with van der Waals surface area (Å²) in [6.45, 7) is 4.93. The number of rotatable bonds is 5. The van der Waals surface area contributed by atoms with Crippen LogP contribution in [-0.4, -0.2) is 30.4 Å². The summed E-state index contributed by atoms with van der Waals surface area (Å²) in [5.41, 5.74) is 2.12. The lowest BCUT2D eigenvalue weighted by Gasteiger charge is -2.32. The molecule has 4 nitrogen and oxygen atoms in total. The molecule has 4 heteroatoms. The highest BCUT2D eigenvalue weighted by Gasteiger charge is 2.28. The van der Waals surface area contributed by atoms with Crippen LogP contribution in [0.1, 0.15) is 24.1 Å². The molecule has 1 aliphatic rings. The van der Waals surface area contributed by atoms with Crippen molar-refractivity contribution in [3.8, 4) is 5.75 Å². The summed E-state index contributed by atoms with van der Waals surface area (Å²) in [5.74, 6) is 0.963. The molecule has 1 N–H and O–H groups in total. The summed E-state index contributed by atoms with van der Waals surface area (Å²) in [7, 11) is 0. The lowest BCUT2D eigenvalue weighted by atomic mass is 10.0. The molecule has 2 aromatic rings. The molecule has 0 aliphatic carbocycles. The average Bonchev–Trinajstić information content (AvgIpc) is 2.62. The molecule has 0 aromatic heterocycles. The number of ether oxygens (including phenoxy) is 1. The van der Waals surface area contributed by atoms with E-state index in [0.29, 0.717) is 6.61 Å². The van der Waals surface area contributed by atoms with Crippen LogP contribution in [0.5, 0.6) is 5.75 Å². The Morgan fingerprint density at radius 3 is 2.57 bits per heavy atom. The van der Waals surface area contributed by atoms with Crippen molar-refractivity contribution in [2.24, 2.45) is 0 Å². The van der Waals surface area contributed by atoms with Gasteiger partial charge in [0.25, 0.3) is 0 Å². The van der Waals surface area contributed by atoms with Crippen molar-refractivity contribution >= 4 is 5.91 Å². The zero-order valence-electron chi connectivity index (χ0n) is 13.4. The molecule has 1 atom stereocenters. The number of carbonyl (C=O) groups excluding carboxylic acids is 1. The minimum Gasteiger partial charge on any atom is -0.489 e. The van der Waals surface area contributed by atoms with Crippen LogP contribution in [0.25, 0.3) is 0 Å². The maximum Gasteiger partial charge on any atom is 0.244 e. The predicted octanol–water partition coefficient (Wildman–Crippen LogP) is 2.76. The third-order valence-electron chi connectivity index (χ3n) is 4.13. The highest BCUT2D eigenvalue weighted by Crippen LogP contribution is 2.22. The molecule has 2 aromatic carbocycles. The van der Waals surface area contributed by atoms with E-state index in [1.807, 2.05) is 66.4 Å². The van der Waals surface area contributed by atoms with Gasteiger partial charge in [-0.15, -0.1) is 0 Å². The van der Waals surface area contributed by atoms with Gasteiger partial charge in [0.15, 0.2) is 0 Å². The summed E-state index contributed by atoms with van der Waals surface area (Å²) >= 11 is 0. The Morgan fingerprint density at radius 2 is 1.87 bits per heavy atom. The first-order valence-corrected chi connectivity index (χ1v) is 8.07. The molecule has 0 spiro atoms. The van der Waals surface area contributed by atoms with Gasteiger partial charge in [0.05, 0.1) is 0 Å². The molecule has 0 saturated carbocycles. The van der Waals surface area contributed by atoms with Crippen molar-refractivity contribution in [3.63, 3.8) is 0 Å². The largest absolute Gasteiger partial charge is 0.489 e. The van der Waals surface area contributed by atoms with E-state index in [9.17, 15) is 4.79 Å². The summed E-state index contributed by atoms with van der Waals surface area (Å²) in [6, 6.07) is 17.6. The smallest absolute Gasteiger partial charge is 0.244 e. The number of likely N-dealkylation sites (N-methyl/N-ethyl adjacent to an activating group) is 1. The molecular formula is C19H22N2O2. The van der Waals surface area contributed by atoms with E-state index in [2.05, 4.69) is 5.32 Å². The molecule has 23 heavy (non-hydrogen) atoms. The van der Waals surface area contributed by atoms with Gasteiger partial charge in [0.1, 0.15) is 18.4 Å². The topological polar surface area (TPSA) is 41.6 Å². The normalized spacial score (nSPS) is 18.0. The molecule has 1 fully saturated rings. The number of nitrogens with zero attached hydrogens (tertiary/aromatic N) is 1. The van der Waals surface area contributed by atoms with Crippen LogP contribution in [-0.2, 0) is 11.4 Å². The standard InChI is InChI=1S/C19H22N2O2/c1-2-21-13-12-20-18(19(21)22)16-8-10-17(11-9-16)23-14-15-6-4-3-5-7-15/h3-11,18,20H,2,12-14H2,1H3. The second kappa shape index (κ2) is 7.29. The Balaban J connectivity index is 1.64. The molecule has 3 rings (SSSR count). The molecule has 120 valence electrons. The Hall–Kier alpha value is -2.33. The van der Waals surface area contributed by atoms with E-state index in [0.717, 1.165) is 36.5 Å². The summed E-state index contributed by atoms with van der Waals surface area (Å²) < 4.78 is 5.79. The summed E-state index contributed by atoms with van der Waals surface area (Å²) in [4.78, 5) is 14.3. The fourth-order valence-corrected chi connectivity index (χ4v) is 2.80. The van der Waals surface area contributed by atoms with Crippen LogP contribution in [0.2, 0.25) is 0 Å². The van der Waals surface area contributed by atoms with E-state index >= 15 is 0 Å². The van der Waals surface area contributed by atoms with Gasteiger partial charge in [0, 0.05) is 19.6 Å². The fraction of sp³-hybridized carbons (Fsp3) is 0.316. The third-order valence-corrected chi connectivity index (χ3v) is 4.13. The number of carbonyl (C=O) groups is 1. The Kier molecular flexibility index (Phi) is 4.93. The van der Waals surface area contributed by atoms with Crippen molar-refractivity contribution in [1.82, 2.24) is 10.2 Å².